The third-order valence-electron chi connectivity index (χ3n) is 3.17. The second-order valence-corrected chi connectivity index (χ2v) is 7.16. The van der Waals surface area contributed by atoms with Gasteiger partial charge < -0.3 is 10.2 Å². The van der Waals surface area contributed by atoms with Gasteiger partial charge in [0.2, 0.25) is 5.95 Å². The number of aromatic amines is 1. The number of nitrogens with zero attached hydrogens (tertiary/aromatic N) is 3. The summed E-state index contributed by atoms with van der Waals surface area (Å²) < 4.78 is 22.9. The molecule has 1 aliphatic rings. The monoisotopic (exact) mass is 273 g/mol. The van der Waals surface area contributed by atoms with Crippen molar-refractivity contribution >= 4 is 15.8 Å². The van der Waals surface area contributed by atoms with E-state index >= 15 is 0 Å². The van der Waals surface area contributed by atoms with Crippen LogP contribution in [0.1, 0.15) is 24.9 Å². The number of hydrogen-bond donors (Lipinski definition) is 2. The Balaban J connectivity index is 2.15. The quantitative estimate of drug-likeness (QED) is 0.786. The van der Waals surface area contributed by atoms with Crippen molar-refractivity contribution in [2.45, 2.75) is 25.1 Å². The van der Waals surface area contributed by atoms with E-state index in [0.29, 0.717) is 17.8 Å². The van der Waals surface area contributed by atoms with Crippen LogP contribution in [0.3, 0.4) is 0 Å². The molecule has 0 bridgehead atoms. The Morgan fingerprint density at radius 1 is 1.50 bits per heavy atom. The lowest BCUT2D eigenvalue weighted by Crippen LogP contribution is -2.49. The second-order valence-electron chi connectivity index (χ2n) is 4.79. The summed E-state index contributed by atoms with van der Waals surface area (Å²) in [4.78, 5) is 6.34. The molecule has 1 aromatic heterocycles. The molecule has 1 aromatic rings. The number of nitrogens with one attached hydrogen (secondary N) is 2. The molecule has 0 aromatic carbocycles. The molecule has 1 saturated heterocycles. The summed E-state index contributed by atoms with van der Waals surface area (Å²) in [6, 6.07) is 0.382. The van der Waals surface area contributed by atoms with Crippen LogP contribution in [-0.2, 0) is 9.84 Å². The van der Waals surface area contributed by atoms with Gasteiger partial charge in [0.1, 0.15) is 11.1 Å². The molecule has 0 spiro atoms. The first-order valence-electron chi connectivity index (χ1n) is 5.97. The van der Waals surface area contributed by atoms with Gasteiger partial charge >= 0.3 is 0 Å². The van der Waals surface area contributed by atoms with Gasteiger partial charge in [0.05, 0.1) is 0 Å². The van der Waals surface area contributed by atoms with Crippen molar-refractivity contribution in [2.75, 3.05) is 30.8 Å². The van der Waals surface area contributed by atoms with Gasteiger partial charge in [-0.15, -0.1) is 5.10 Å². The Morgan fingerprint density at radius 3 is 2.83 bits per heavy atom. The van der Waals surface area contributed by atoms with Crippen molar-refractivity contribution in [1.29, 1.82) is 0 Å². The number of H-pyrrole nitrogens is 1. The highest BCUT2D eigenvalue weighted by molar-refractivity contribution is 7.90. The number of aromatic nitrogens is 3. The Morgan fingerprint density at radius 2 is 2.22 bits per heavy atom. The molecule has 1 aliphatic heterocycles. The van der Waals surface area contributed by atoms with E-state index in [4.69, 9.17) is 0 Å². The van der Waals surface area contributed by atoms with Crippen LogP contribution in [0.15, 0.2) is 0 Å². The zero-order valence-corrected chi connectivity index (χ0v) is 11.7. The minimum atomic E-state index is -3.15. The molecule has 2 atom stereocenters. The fraction of sp³-hybridized carbons (Fsp3) is 0.800. The number of piperazine rings is 1. The van der Waals surface area contributed by atoms with E-state index in [1.165, 1.54) is 6.26 Å². The number of rotatable bonds is 3. The predicted octanol–water partition coefficient (Wildman–Crippen LogP) is -0.292. The molecule has 18 heavy (non-hydrogen) atoms. The molecule has 2 rings (SSSR count). The van der Waals surface area contributed by atoms with Crippen molar-refractivity contribution < 1.29 is 8.42 Å². The van der Waals surface area contributed by atoms with E-state index in [1.54, 1.807) is 6.92 Å². The average Bonchev–Trinajstić information content (AvgIpc) is 2.75. The van der Waals surface area contributed by atoms with Crippen LogP contribution in [0.5, 0.6) is 0 Å². The van der Waals surface area contributed by atoms with Crippen LogP contribution in [0.2, 0.25) is 0 Å². The molecular formula is C10H19N5O2S. The summed E-state index contributed by atoms with van der Waals surface area (Å²) in [5.74, 6) is 0.979. The summed E-state index contributed by atoms with van der Waals surface area (Å²) >= 11 is 0. The SMILES string of the molecule is CC(c1nc(N2CCN[C@@H](C)C2)n[nH]1)S(C)(=O)=O. The smallest absolute Gasteiger partial charge is 0.244 e. The molecular weight excluding hydrogens is 254 g/mol. The van der Waals surface area contributed by atoms with Gasteiger partial charge in [0.15, 0.2) is 9.84 Å². The maximum Gasteiger partial charge on any atom is 0.244 e. The standard InChI is InChI=1S/C10H19N5O2S/c1-7-6-15(5-4-11-7)10-12-9(13-14-10)8(2)18(3,16)17/h7-8,11H,4-6H2,1-3H3,(H,12,13,14)/t7-,8?/m0/s1. The summed E-state index contributed by atoms with van der Waals surface area (Å²) in [7, 11) is -3.15. The minimum absolute atomic E-state index is 0.382. The van der Waals surface area contributed by atoms with Crippen LogP contribution in [0.4, 0.5) is 5.95 Å². The summed E-state index contributed by atoms with van der Waals surface area (Å²) in [5, 5.41) is 9.51. The fourth-order valence-corrected chi connectivity index (χ4v) is 2.42. The van der Waals surface area contributed by atoms with Crippen LogP contribution in [-0.4, -0.2) is 55.5 Å². The minimum Gasteiger partial charge on any atom is -0.337 e. The molecule has 0 amide bonds. The molecule has 0 saturated carbocycles. The highest BCUT2D eigenvalue weighted by Gasteiger charge is 2.24. The zero-order chi connectivity index (χ0) is 13.3. The van der Waals surface area contributed by atoms with Crippen molar-refractivity contribution in [2.24, 2.45) is 0 Å². The second kappa shape index (κ2) is 4.85. The Hall–Kier alpha value is -1.15. The van der Waals surface area contributed by atoms with Crippen molar-refractivity contribution in [3.05, 3.63) is 5.82 Å². The molecule has 1 unspecified atom stereocenters. The Bertz CT molecular complexity index is 512. The van der Waals surface area contributed by atoms with Gasteiger partial charge in [-0.1, -0.05) is 0 Å². The van der Waals surface area contributed by atoms with Crippen LogP contribution < -0.4 is 10.2 Å². The van der Waals surface area contributed by atoms with E-state index in [9.17, 15) is 8.42 Å². The Labute approximate surface area is 107 Å². The molecule has 2 heterocycles. The lowest BCUT2D eigenvalue weighted by molar-refractivity contribution is 0.479. The van der Waals surface area contributed by atoms with Crippen molar-refractivity contribution in [3.63, 3.8) is 0 Å². The molecule has 102 valence electrons. The number of sulfone groups is 1. The van der Waals surface area contributed by atoms with Gasteiger partial charge in [-0.2, -0.15) is 4.98 Å². The van der Waals surface area contributed by atoms with Gasteiger partial charge in [0, 0.05) is 31.9 Å². The highest BCUT2D eigenvalue weighted by Crippen LogP contribution is 2.19. The third kappa shape index (κ3) is 2.81. The fourth-order valence-electron chi connectivity index (χ4n) is 1.90. The van der Waals surface area contributed by atoms with Crippen LogP contribution in [0.25, 0.3) is 0 Å². The third-order valence-corrected chi connectivity index (χ3v) is 4.68. The maximum atomic E-state index is 11.5. The first kappa shape index (κ1) is 13.3. The van der Waals surface area contributed by atoms with Crippen molar-refractivity contribution in [1.82, 2.24) is 20.5 Å². The molecule has 1 fully saturated rings. The average molecular weight is 273 g/mol. The van der Waals surface area contributed by atoms with E-state index in [2.05, 4.69) is 32.3 Å². The zero-order valence-electron chi connectivity index (χ0n) is 10.8. The first-order valence-corrected chi connectivity index (χ1v) is 7.93. The largest absolute Gasteiger partial charge is 0.337 e. The number of anilines is 1. The van der Waals surface area contributed by atoms with E-state index in [-0.39, 0.29) is 0 Å². The summed E-state index contributed by atoms with van der Waals surface area (Å²) in [6.45, 7) is 6.24. The predicted molar refractivity (Wildman–Crippen MR) is 69.3 cm³/mol. The topological polar surface area (TPSA) is 91.0 Å². The van der Waals surface area contributed by atoms with E-state index < -0.39 is 15.1 Å². The van der Waals surface area contributed by atoms with Gasteiger partial charge in [0.25, 0.3) is 0 Å². The van der Waals surface area contributed by atoms with Gasteiger partial charge in [-0.25, -0.2) is 8.42 Å². The lowest BCUT2D eigenvalue weighted by atomic mass is 10.2. The van der Waals surface area contributed by atoms with Crippen LogP contribution >= 0.6 is 0 Å². The van der Waals surface area contributed by atoms with Crippen LogP contribution in [0, 0.1) is 0 Å². The highest BCUT2D eigenvalue weighted by atomic mass is 32.2. The molecule has 0 aliphatic carbocycles. The Kier molecular flexibility index (Phi) is 3.58. The van der Waals surface area contributed by atoms with E-state index in [1.807, 2.05) is 0 Å². The summed E-state index contributed by atoms with van der Waals surface area (Å²) in [5.41, 5.74) is 0. The normalized spacial score (nSPS) is 23.1. The lowest BCUT2D eigenvalue weighted by Gasteiger charge is -2.30. The maximum absolute atomic E-state index is 11.5. The first-order chi connectivity index (χ1) is 8.38. The van der Waals surface area contributed by atoms with Gasteiger partial charge in [-0.05, 0) is 13.8 Å². The molecule has 8 heteroatoms. The molecule has 0 radical (unpaired) electrons. The van der Waals surface area contributed by atoms with Crippen molar-refractivity contribution in [3.8, 4) is 0 Å². The molecule has 2 N–H and O–H groups in total. The molecule has 7 nitrogen and oxygen atoms in total. The van der Waals surface area contributed by atoms with Gasteiger partial charge in [-0.3, -0.25) is 5.10 Å². The number of hydrogen-bond acceptors (Lipinski definition) is 6. The summed E-state index contributed by atoms with van der Waals surface area (Å²) in [6.07, 6.45) is 1.20. The van der Waals surface area contributed by atoms with E-state index in [0.717, 1.165) is 19.6 Å².